The van der Waals surface area contributed by atoms with Crippen molar-refractivity contribution in [3.63, 3.8) is 0 Å². The zero-order valence-electron chi connectivity index (χ0n) is 25.0. The first-order valence-corrected chi connectivity index (χ1v) is 14.5. The van der Waals surface area contributed by atoms with Crippen LogP contribution in [-0.4, -0.2) is 48.3 Å². The highest BCUT2D eigenvalue weighted by Gasteiger charge is 2.68. The Labute approximate surface area is 252 Å². The average Bonchev–Trinajstić information content (AvgIpc) is 3.18. The average molecular weight is 599 g/mol. The molecule has 4 rings (SSSR count). The minimum atomic E-state index is -1.09. The molecule has 8 atom stereocenters. The minimum absolute atomic E-state index is 0.0782. The van der Waals surface area contributed by atoms with Crippen LogP contribution >= 0.6 is 11.6 Å². The molecule has 1 aromatic carbocycles. The van der Waals surface area contributed by atoms with E-state index in [1.54, 1.807) is 24.3 Å². The predicted molar refractivity (Wildman–Crippen MR) is 156 cm³/mol. The summed E-state index contributed by atoms with van der Waals surface area (Å²) in [6.07, 6.45) is -0.301. The number of halogens is 1. The zero-order chi connectivity index (χ0) is 31.1. The topological polar surface area (TPSA) is 105 Å². The highest BCUT2D eigenvalue weighted by Crippen LogP contribution is 2.64. The third-order valence-electron chi connectivity index (χ3n) is 9.53. The van der Waals surface area contributed by atoms with Crippen molar-refractivity contribution in [2.75, 3.05) is 0 Å². The van der Waals surface area contributed by atoms with Gasteiger partial charge in [-0.25, -0.2) is 4.79 Å². The maximum Gasteiger partial charge on any atom is 0.338 e. The van der Waals surface area contributed by atoms with Gasteiger partial charge in [0.15, 0.2) is 6.10 Å². The van der Waals surface area contributed by atoms with Crippen LogP contribution < -0.4 is 0 Å². The van der Waals surface area contributed by atoms with Gasteiger partial charge in [0, 0.05) is 32.2 Å². The van der Waals surface area contributed by atoms with Crippen LogP contribution in [0.1, 0.15) is 71.2 Å². The number of allylic oxidation sites excluding steroid dienone is 1. The molecule has 3 aliphatic rings. The molecule has 0 radical (unpaired) electrons. The van der Waals surface area contributed by atoms with Crippen LogP contribution in [0.2, 0.25) is 5.02 Å². The van der Waals surface area contributed by atoms with Gasteiger partial charge in [0.25, 0.3) is 0 Å². The van der Waals surface area contributed by atoms with Crippen LogP contribution in [-0.2, 0) is 33.3 Å². The summed E-state index contributed by atoms with van der Waals surface area (Å²) in [4.78, 5) is 51.1. The Hall–Kier alpha value is -3.39. The van der Waals surface area contributed by atoms with Gasteiger partial charge in [0.2, 0.25) is 0 Å². The van der Waals surface area contributed by atoms with E-state index in [0.717, 1.165) is 11.1 Å². The lowest BCUT2D eigenvalue weighted by Gasteiger charge is -2.53. The number of carbonyl (C=O) groups excluding carboxylic acids is 4. The molecule has 0 bridgehead atoms. The molecule has 9 heteroatoms. The predicted octanol–water partition coefficient (Wildman–Crippen LogP) is 6.18. The van der Waals surface area contributed by atoms with Crippen LogP contribution in [0.5, 0.6) is 0 Å². The van der Waals surface area contributed by atoms with Crippen LogP contribution in [0.15, 0.2) is 60.2 Å². The fourth-order valence-electron chi connectivity index (χ4n) is 7.73. The number of hydrogen-bond donors (Lipinski definition) is 0. The van der Waals surface area contributed by atoms with Gasteiger partial charge < -0.3 is 18.9 Å². The van der Waals surface area contributed by atoms with Crippen molar-refractivity contribution in [3.05, 3.63) is 70.8 Å². The van der Waals surface area contributed by atoms with E-state index in [0.29, 0.717) is 29.0 Å². The van der Waals surface area contributed by atoms with Crippen molar-refractivity contribution in [2.45, 2.75) is 85.2 Å². The lowest BCUT2D eigenvalue weighted by Crippen LogP contribution is -2.62. The van der Waals surface area contributed by atoms with Crippen LogP contribution in [0.25, 0.3) is 0 Å². The largest absolute Gasteiger partial charge is 0.462 e. The van der Waals surface area contributed by atoms with E-state index >= 15 is 0 Å². The van der Waals surface area contributed by atoms with Crippen molar-refractivity contribution in [2.24, 2.45) is 22.7 Å². The number of fused-ring (bicyclic) bond motifs is 2. The van der Waals surface area contributed by atoms with Crippen LogP contribution in [0.3, 0.4) is 0 Å². The van der Waals surface area contributed by atoms with Crippen LogP contribution in [0, 0.1) is 22.7 Å². The lowest BCUT2D eigenvalue weighted by atomic mass is 9.58. The molecule has 2 fully saturated rings. The van der Waals surface area contributed by atoms with E-state index in [1.807, 2.05) is 20.8 Å². The molecule has 0 aromatic heterocycles. The molecule has 8 nitrogen and oxygen atoms in total. The fourth-order valence-corrected chi connectivity index (χ4v) is 7.86. The molecule has 0 aliphatic heterocycles. The Kier molecular flexibility index (Phi) is 8.79. The third kappa shape index (κ3) is 5.30. The van der Waals surface area contributed by atoms with Crippen molar-refractivity contribution >= 4 is 35.5 Å². The second kappa shape index (κ2) is 11.7. The minimum Gasteiger partial charge on any atom is -0.462 e. The molecule has 0 N–H and O–H groups in total. The maximum absolute atomic E-state index is 13.2. The van der Waals surface area contributed by atoms with Crippen molar-refractivity contribution in [3.8, 4) is 0 Å². The first-order valence-electron chi connectivity index (χ1n) is 14.1. The van der Waals surface area contributed by atoms with Gasteiger partial charge in [-0.3, -0.25) is 14.4 Å². The number of esters is 4. The number of rotatable bonds is 6. The number of benzene rings is 1. The van der Waals surface area contributed by atoms with Gasteiger partial charge in [-0.05, 0) is 68.4 Å². The Bertz CT molecular complexity index is 1350. The van der Waals surface area contributed by atoms with E-state index in [-0.39, 0.29) is 12.3 Å². The highest BCUT2D eigenvalue weighted by molar-refractivity contribution is 6.30. The van der Waals surface area contributed by atoms with Crippen molar-refractivity contribution in [1.29, 1.82) is 0 Å². The van der Waals surface area contributed by atoms with Gasteiger partial charge in [-0.2, -0.15) is 0 Å². The Balaban J connectivity index is 1.89. The Morgan fingerprint density at radius 2 is 1.45 bits per heavy atom. The van der Waals surface area contributed by atoms with E-state index in [4.69, 9.17) is 30.5 Å². The summed E-state index contributed by atoms with van der Waals surface area (Å²) >= 11 is 5.99. The van der Waals surface area contributed by atoms with E-state index in [1.165, 1.54) is 20.8 Å². The summed E-state index contributed by atoms with van der Waals surface area (Å²) in [5.74, 6) is -2.78. The molecule has 0 heterocycles. The SMILES string of the molecule is C=C1[C@@H](OC(=O)c2ccc(Cl)cc2)C[C@H](OC(C)=O)[C@]2(C)[C@@H]1C[C@@H]1CC=C(C)[C@@]1(C(=C)C)[C@@H](OC(C)=O)[C@@H]2OC(C)=O. The Morgan fingerprint density at radius 1 is 0.881 bits per heavy atom. The normalized spacial score (nSPS) is 33.7. The smallest absolute Gasteiger partial charge is 0.338 e. The zero-order valence-corrected chi connectivity index (χ0v) is 25.8. The standard InChI is InChI=1S/C33H39ClO8/c1-17(2)33-18(3)9-12-24(33)15-26-19(4)27(42-31(38)23-10-13-25(34)14-11-23)16-28(39-20(5)35)32(26,8)29(40-21(6)36)30(33)41-22(7)37/h9-11,13-14,24,26-30H,1,4,12,15-16H2,2-3,5-8H3/t24-,26+,27-,28-,29-,30-,32-,33+/m0/s1. The summed E-state index contributed by atoms with van der Waals surface area (Å²) in [6.45, 7) is 18.4. The summed E-state index contributed by atoms with van der Waals surface area (Å²) in [5.41, 5.74) is 0.725. The lowest BCUT2D eigenvalue weighted by molar-refractivity contribution is -0.210. The summed E-state index contributed by atoms with van der Waals surface area (Å²) in [6, 6.07) is 6.35. The molecule has 0 saturated heterocycles. The van der Waals surface area contributed by atoms with Gasteiger partial charge in [0.1, 0.15) is 18.3 Å². The summed E-state index contributed by atoms with van der Waals surface area (Å²) < 4.78 is 24.2. The molecule has 0 spiro atoms. The number of carbonyl (C=O) groups is 4. The van der Waals surface area contributed by atoms with Gasteiger partial charge in [-0.15, -0.1) is 0 Å². The monoisotopic (exact) mass is 598 g/mol. The maximum atomic E-state index is 13.2. The van der Waals surface area contributed by atoms with Crippen molar-refractivity contribution in [1.82, 2.24) is 0 Å². The molecule has 3 aliphatic carbocycles. The molecule has 0 unspecified atom stereocenters. The third-order valence-corrected chi connectivity index (χ3v) is 9.78. The van der Waals surface area contributed by atoms with Crippen molar-refractivity contribution < 1.29 is 38.1 Å². The van der Waals surface area contributed by atoms with Gasteiger partial charge >= 0.3 is 23.9 Å². The van der Waals surface area contributed by atoms with Gasteiger partial charge in [0.05, 0.1) is 16.4 Å². The summed E-state index contributed by atoms with van der Waals surface area (Å²) in [7, 11) is 0. The summed E-state index contributed by atoms with van der Waals surface area (Å²) in [5, 5.41) is 0.484. The molecule has 1 aromatic rings. The second-order valence-corrected chi connectivity index (χ2v) is 12.4. The quantitative estimate of drug-likeness (QED) is 0.217. The first-order chi connectivity index (χ1) is 19.6. The van der Waals surface area contributed by atoms with Crippen LogP contribution in [0.4, 0.5) is 0 Å². The van der Waals surface area contributed by atoms with E-state index in [9.17, 15) is 19.2 Å². The second-order valence-electron chi connectivity index (χ2n) is 12.0. The Morgan fingerprint density at radius 3 is 2.00 bits per heavy atom. The van der Waals surface area contributed by atoms with E-state index < -0.39 is 65.0 Å². The molecule has 42 heavy (non-hydrogen) atoms. The highest BCUT2D eigenvalue weighted by atomic mass is 35.5. The molecular weight excluding hydrogens is 560 g/mol. The molecule has 2 saturated carbocycles. The molecule has 226 valence electrons. The number of ether oxygens (including phenoxy) is 4. The first kappa shape index (κ1) is 31.5. The number of hydrogen-bond acceptors (Lipinski definition) is 8. The molecule has 0 amide bonds. The molecular formula is C33H39ClO8. The van der Waals surface area contributed by atoms with Gasteiger partial charge in [-0.1, -0.05) is 48.9 Å². The fraction of sp³-hybridized carbons (Fsp3) is 0.515. The van der Waals surface area contributed by atoms with E-state index in [2.05, 4.69) is 19.2 Å².